The Labute approximate surface area is 166 Å². The number of hydrazine groups is 1. The zero-order chi connectivity index (χ0) is 19.3. The van der Waals surface area contributed by atoms with Crippen molar-refractivity contribution in [2.45, 2.75) is 25.7 Å². The van der Waals surface area contributed by atoms with Crippen molar-refractivity contribution in [2.75, 3.05) is 5.32 Å². The summed E-state index contributed by atoms with van der Waals surface area (Å²) in [6.07, 6.45) is 7.65. The third-order valence-electron chi connectivity index (χ3n) is 4.46. The number of amides is 2. The van der Waals surface area contributed by atoms with E-state index in [9.17, 15) is 9.59 Å². The van der Waals surface area contributed by atoms with Crippen LogP contribution in [0.3, 0.4) is 0 Å². The molecule has 3 aromatic rings. The normalized spacial score (nSPS) is 12.7. The summed E-state index contributed by atoms with van der Waals surface area (Å²) in [5.41, 5.74) is 7.33. The number of aromatic nitrogens is 2. The van der Waals surface area contributed by atoms with Gasteiger partial charge in [0, 0.05) is 28.5 Å². The van der Waals surface area contributed by atoms with Crippen LogP contribution in [-0.4, -0.2) is 21.8 Å². The van der Waals surface area contributed by atoms with Crippen LogP contribution in [-0.2, 0) is 12.8 Å². The molecule has 8 heteroatoms. The lowest BCUT2D eigenvalue weighted by Crippen LogP contribution is -2.41. The molecular weight excluding hydrogens is 374 g/mol. The lowest BCUT2D eigenvalue weighted by Gasteiger charge is -2.08. The van der Waals surface area contributed by atoms with Gasteiger partial charge in [-0.3, -0.25) is 20.4 Å². The van der Waals surface area contributed by atoms with Crippen LogP contribution in [0.25, 0.3) is 0 Å². The lowest BCUT2D eigenvalue weighted by molar-refractivity contribution is 0.0849. The van der Waals surface area contributed by atoms with E-state index in [0.29, 0.717) is 22.1 Å². The molecule has 4 rings (SSSR count). The van der Waals surface area contributed by atoms with Gasteiger partial charge in [0.2, 0.25) is 5.95 Å². The Balaban J connectivity index is 1.37. The predicted octanol–water partition coefficient (Wildman–Crippen LogP) is 3.24. The van der Waals surface area contributed by atoms with E-state index in [1.165, 1.54) is 34.6 Å². The summed E-state index contributed by atoms with van der Waals surface area (Å²) in [7, 11) is 0. The fourth-order valence-electron chi connectivity index (χ4n) is 3.08. The molecule has 0 unspecified atom stereocenters. The maximum atomic E-state index is 12.4. The number of fused-ring (bicyclic) bond motifs is 1. The summed E-state index contributed by atoms with van der Waals surface area (Å²) in [5, 5.41) is 3.03. The average Bonchev–Trinajstić information content (AvgIpc) is 3.17. The summed E-state index contributed by atoms with van der Waals surface area (Å²) in [4.78, 5) is 34.9. The fraction of sp³-hybridized carbons (Fsp3) is 0.200. The van der Waals surface area contributed by atoms with Crippen molar-refractivity contribution in [2.24, 2.45) is 0 Å². The van der Waals surface area contributed by atoms with Crippen molar-refractivity contribution in [3.8, 4) is 0 Å². The molecule has 28 heavy (non-hydrogen) atoms. The first-order valence-corrected chi connectivity index (χ1v) is 9.87. The molecule has 2 heterocycles. The van der Waals surface area contributed by atoms with Crippen LogP contribution >= 0.6 is 11.3 Å². The van der Waals surface area contributed by atoms with Crippen LogP contribution in [0.1, 0.15) is 43.3 Å². The van der Waals surface area contributed by atoms with Gasteiger partial charge in [-0.15, -0.1) is 11.3 Å². The maximum absolute atomic E-state index is 12.4. The first kappa shape index (κ1) is 18.1. The van der Waals surface area contributed by atoms with Crippen molar-refractivity contribution < 1.29 is 9.59 Å². The molecule has 2 aromatic heterocycles. The van der Waals surface area contributed by atoms with Gasteiger partial charge in [0.05, 0.1) is 4.88 Å². The zero-order valence-corrected chi connectivity index (χ0v) is 15.9. The first-order chi connectivity index (χ1) is 13.7. The standard InChI is InChI=1S/C20H19N5O2S/c26-18(14-6-3-7-15(11-14)23-20-21-9-4-10-22-20)24-25-19(27)17-12-13-5-1-2-8-16(13)28-17/h3-4,6-7,9-12H,1-2,5,8H2,(H,24,26)(H,25,27)(H,21,22,23). The van der Waals surface area contributed by atoms with Crippen molar-refractivity contribution in [3.63, 3.8) is 0 Å². The number of thiophene rings is 1. The fourth-order valence-corrected chi connectivity index (χ4v) is 4.23. The third-order valence-corrected chi connectivity index (χ3v) is 5.69. The van der Waals surface area contributed by atoms with Gasteiger partial charge in [-0.1, -0.05) is 6.07 Å². The number of rotatable bonds is 4. The van der Waals surface area contributed by atoms with E-state index >= 15 is 0 Å². The Morgan fingerprint density at radius 2 is 1.71 bits per heavy atom. The minimum absolute atomic E-state index is 0.292. The van der Waals surface area contributed by atoms with E-state index < -0.39 is 5.91 Å². The van der Waals surface area contributed by atoms with E-state index in [1.807, 2.05) is 12.1 Å². The minimum Gasteiger partial charge on any atom is -0.324 e. The molecule has 142 valence electrons. The highest BCUT2D eigenvalue weighted by molar-refractivity contribution is 7.14. The summed E-state index contributed by atoms with van der Waals surface area (Å²) < 4.78 is 0. The Morgan fingerprint density at radius 3 is 2.54 bits per heavy atom. The number of nitrogens with zero attached hydrogens (tertiary/aromatic N) is 2. The highest BCUT2D eigenvalue weighted by Gasteiger charge is 2.17. The van der Waals surface area contributed by atoms with Crippen LogP contribution in [0.2, 0.25) is 0 Å². The molecule has 0 radical (unpaired) electrons. The molecule has 0 spiro atoms. The second-order valence-electron chi connectivity index (χ2n) is 6.45. The summed E-state index contributed by atoms with van der Waals surface area (Å²) >= 11 is 1.51. The highest BCUT2D eigenvalue weighted by atomic mass is 32.1. The van der Waals surface area contributed by atoms with E-state index in [4.69, 9.17) is 0 Å². The number of carbonyl (C=O) groups is 2. The quantitative estimate of drug-likeness (QED) is 0.592. The van der Waals surface area contributed by atoms with Crippen LogP contribution < -0.4 is 16.2 Å². The molecule has 1 aliphatic carbocycles. The molecule has 1 aliphatic rings. The molecule has 0 fully saturated rings. The molecule has 2 amide bonds. The first-order valence-electron chi connectivity index (χ1n) is 9.05. The van der Waals surface area contributed by atoms with Gasteiger partial charge < -0.3 is 5.32 Å². The Kier molecular flexibility index (Phi) is 5.29. The van der Waals surface area contributed by atoms with Crippen molar-refractivity contribution in [3.05, 3.63) is 69.7 Å². The predicted molar refractivity (Wildman–Crippen MR) is 108 cm³/mol. The molecule has 0 atom stereocenters. The molecule has 7 nitrogen and oxygen atoms in total. The van der Waals surface area contributed by atoms with E-state index in [2.05, 4.69) is 26.1 Å². The molecule has 1 aromatic carbocycles. The smallest absolute Gasteiger partial charge is 0.279 e. The highest BCUT2D eigenvalue weighted by Crippen LogP contribution is 2.29. The largest absolute Gasteiger partial charge is 0.324 e. The van der Waals surface area contributed by atoms with Crippen molar-refractivity contribution in [1.82, 2.24) is 20.8 Å². The molecular formula is C20H19N5O2S. The maximum Gasteiger partial charge on any atom is 0.279 e. The Hall–Kier alpha value is -3.26. The number of carbonyl (C=O) groups excluding carboxylic acids is 2. The average molecular weight is 393 g/mol. The Bertz CT molecular complexity index is 979. The monoisotopic (exact) mass is 393 g/mol. The number of benzene rings is 1. The number of nitrogens with one attached hydrogen (secondary N) is 3. The molecule has 0 saturated carbocycles. The van der Waals surface area contributed by atoms with Crippen LogP contribution in [0.4, 0.5) is 11.6 Å². The summed E-state index contributed by atoms with van der Waals surface area (Å²) in [6.45, 7) is 0. The van der Waals surface area contributed by atoms with Crippen LogP contribution in [0.15, 0.2) is 48.8 Å². The molecule has 3 N–H and O–H groups in total. The molecule has 0 saturated heterocycles. The van der Waals surface area contributed by atoms with Gasteiger partial charge in [0.1, 0.15) is 0 Å². The third kappa shape index (κ3) is 4.17. The number of aryl methyl sites for hydroxylation is 2. The summed E-state index contributed by atoms with van der Waals surface area (Å²) in [6, 6.07) is 10.5. The van der Waals surface area contributed by atoms with Gasteiger partial charge in [0.25, 0.3) is 11.8 Å². The van der Waals surface area contributed by atoms with Gasteiger partial charge >= 0.3 is 0 Å². The van der Waals surface area contributed by atoms with Crippen molar-refractivity contribution in [1.29, 1.82) is 0 Å². The summed E-state index contributed by atoms with van der Waals surface area (Å²) in [5.74, 6) is -0.248. The lowest BCUT2D eigenvalue weighted by atomic mass is 9.99. The molecule has 0 aliphatic heterocycles. The van der Waals surface area contributed by atoms with Gasteiger partial charge in [-0.05, 0) is 61.6 Å². The van der Waals surface area contributed by atoms with Gasteiger partial charge in [0.15, 0.2) is 0 Å². The van der Waals surface area contributed by atoms with E-state index in [1.54, 1.807) is 36.7 Å². The van der Waals surface area contributed by atoms with Crippen molar-refractivity contribution >= 4 is 34.8 Å². The minimum atomic E-state index is -0.396. The van der Waals surface area contributed by atoms with Gasteiger partial charge in [-0.2, -0.15) is 0 Å². The van der Waals surface area contributed by atoms with Crippen LogP contribution in [0.5, 0.6) is 0 Å². The number of hydrogen-bond acceptors (Lipinski definition) is 6. The zero-order valence-electron chi connectivity index (χ0n) is 15.1. The Morgan fingerprint density at radius 1 is 0.929 bits per heavy atom. The second-order valence-corrected chi connectivity index (χ2v) is 7.59. The van der Waals surface area contributed by atoms with Crippen LogP contribution in [0, 0.1) is 0 Å². The second kappa shape index (κ2) is 8.18. The number of hydrogen-bond donors (Lipinski definition) is 3. The topological polar surface area (TPSA) is 96.0 Å². The van der Waals surface area contributed by atoms with E-state index in [-0.39, 0.29) is 5.91 Å². The number of anilines is 2. The molecule has 0 bridgehead atoms. The SMILES string of the molecule is O=C(NNC(=O)c1cc2c(s1)CCCC2)c1cccc(Nc2ncccn2)c1. The van der Waals surface area contributed by atoms with E-state index in [0.717, 1.165) is 12.8 Å². The van der Waals surface area contributed by atoms with Gasteiger partial charge in [-0.25, -0.2) is 9.97 Å².